The summed E-state index contributed by atoms with van der Waals surface area (Å²) in [5.74, 6) is 0.466. The largest absolute Gasteiger partial charge is 0.272 e. The summed E-state index contributed by atoms with van der Waals surface area (Å²) >= 11 is 0. The van der Waals surface area contributed by atoms with E-state index >= 15 is 0 Å². The number of aryl methyl sites for hydroxylation is 2. The lowest BCUT2D eigenvalue weighted by molar-refractivity contribution is 0.638. The van der Waals surface area contributed by atoms with Crippen LogP contribution in [0.4, 0.5) is 0 Å². The van der Waals surface area contributed by atoms with Gasteiger partial charge in [-0.1, -0.05) is 6.92 Å². The van der Waals surface area contributed by atoms with Crippen LogP contribution in [-0.2, 0) is 13.5 Å². The first-order chi connectivity index (χ1) is 8.13. The number of nitrogens with one attached hydrogen (secondary N) is 1. The molecule has 2 aromatic rings. The Kier molecular flexibility index (Phi) is 3.26. The van der Waals surface area contributed by atoms with E-state index in [1.54, 1.807) is 6.20 Å². The second-order valence-corrected chi connectivity index (χ2v) is 4.48. The summed E-state index contributed by atoms with van der Waals surface area (Å²) in [6.45, 7) is 6.41. The topological polar surface area (TPSA) is 59.4 Å². The molecule has 0 radical (unpaired) electrons. The van der Waals surface area contributed by atoms with Gasteiger partial charge in [0.15, 0.2) is 0 Å². The summed E-state index contributed by atoms with van der Waals surface area (Å²) in [5, 5.41) is 15.1. The van der Waals surface area contributed by atoms with E-state index in [0.29, 0.717) is 5.92 Å². The van der Waals surface area contributed by atoms with Crippen LogP contribution in [0.1, 0.15) is 41.9 Å². The van der Waals surface area contributed by atoms with Crippen molar-refractivity contribution in [1.82, 2.24) is 25.2 Å². The molecule has 92 valence electrons. The monoisotopic (exact) mass is 233 g/mol. The van der Waals surface area contributed by atoms with Crippen LogP contribution in [0.15, 0.2) is 6.20 Å². The van der Waals surface area contributed by atoms with Crippen LogP contribution in [-0.4, -0.2) is 25.2 Å². The molecule has 0 bridgehead atoms. The standard InChI is InChI=1S/C12H19N5/c1-5-10(6-11-7-13-16-14-11)12-8(2)15-17(4)9(12)3/h7,10H,5-6H2,1-4H3,(H,13,14,16). The molecule has 0 aliphatic rings. The molecule has 2 rings (SSSR count). The van der Waals surface area contributed by atoms with Gasteiger partial charge in [-0.2, -0.15) is 20.5 Å². The lowest BCUT2D eigenvalue weighted by Crippen LogP contribution is -2.05. The van der Waals surface area contributed by atoms with Crippen LogP contribution >= 0.6 is 0 Å². The van der Waals surface area contributed by atoms with Crippen LogP contribution < -0.4 is 0 Å². The van der Waals surface area contributed by atoms with E-state index in [-0.39, 0.29) is 0 Å². The molecule has 5 heteroatoms. The van der Waals surface area contributed by atoms with Crippen molar-refractivity contribution in [3.8, 4) is 0 Å². The van der Waals surface area contributed by atoms with Crippen molar-refractivity contribution in [2.75, 3.05) is 0 Å². The van der Waals surface area contributed by atoms with Gasteiger partial charge in [0.25, 0.3) is 0 Å². The van der Waals surface area contributed by atoms with Gasteiger partial charge in [-0.25, -0.2) is 0 Å². The number of rotatable bonds is 4. The van der Waals surface area contributed by atoms with E-state index in [9.17, 15) is 0 Å². The van der Waals surface area contributed by atoms with E-state index in [0.717, 1.165) is 24.2 Å². The van der Waals surface area contributed by atoms with E-state index in [1.165, 1.54) is 11.3 Å². The lowest BCUT2D eigenvalue weighted by atomic mass is 9.90. The number of hydrogen-bond acceptors (Lipinski definition) is 3. The van der Waals surface area contributed by atoms with Crippen molar-refractivity contribution in [1.29, 1.82) is 0 Å². The molecule has 0 amide bonds. The molecule has 0 saturated carbocycles. The van der Waals surface area contributed by atoms with Gasteiger partial charge in [-0.3, -0.25) is 4.68 Å². The fourth-order valence-corrected chi connectivity index (χ4v) is 2.41. The van der Waals surface area contributed by atoms with E-state index in [1.807, 2.05) is 11.7 Å². The lowest BCUT2D eigenvalue weighted by Gasteiger charge is -2.14. The number of H-pyrrole nitrogens is 1. The fraction of sp³-hybridized carbons (Fsp3) is 0.583. The molecule has 17 heavy (non-hydrogen) atoms. The SMILES string of the molecule is CCC(Cc1cn[nH]n1)c1c(C)nn(C)c1C. The predicted molar refractivity (Wildman–Crippen MR) is 65.8 cm³/mol. The molecule has 1 unspecified atom stereocenters. The van der Waals surface area contributed by atoms with Crippen LogP contribution in [0.2, 0.25) is 0 Å². The van der Waals surface area contributed by atoms with Gasteiger partial charge in [0.05, 0.1) is 17.6 Å². The molecule has 0 aliphatic carbocycles. The highest BCUT2D eigenvalue weighted by molar-refractivity contribution is 5.29. The third-order valence-electron chi connectivity index (χ3n) is 3.39. The van der Waals surface area contributed by atoms with Gasteiger partial charge in [-0.05, 0) is 31.7 Å². The van der Waals surface area contributed by atoms with Gasteiger partial charge in [0.1, 0.15) is 0 Å². The normalized spacial score (nSPS) is 12.9. The summed E-state index contributed by atoms with van der Waals surface area (Å²) in [7, 11) is 1.99. The number of nitrogens with zero attached hydrogens (tertiary/aromatic N) is 4. The van der Waals surface area contributed by atoms with Crippen LogP contribution in [0.25, 0.3) is 0 Å². The van der Waals surface area contributed by atoms with Crippen LogP contribution in [0.3, 0.4) is 0 Å². The van der Waals surface area contributed by atoms with Crippen molar-refractivity contribution < 1.29 is 0 Å². The molecule has 0 fully saturated rings. The summed E-state index contributed by atoms with van der Waals surface area (Å²) in [4.78, 5) is 0. The van der Waals surface area contributed by atoms with E-state index in [2.05, 4.69) is 41.3 Å². The molecule has 5 nitrogen and oxygen atoms in total. The Bertz CT molecular complexity index is 483. The van der Waals surface area contributed by atoms with Gasteiger partial charge < -0.3 is 0 Å². The molecule has 0 aliphatic heterocycles. The number of aromatic amines is 1. The zero-order chi connectivity index (χ0) is 12.4. The Morgan fingerprint density at radius 3 is 2.65 bits per heavy atom. The second kappa shape index (κ2) is 4.69. The third-order valence-corrected chi connectivity index (χ3v) is 3.39. The van der Waals surface area contributed by atoms with Gasteiger partial charge >= 0.3 is 0 Å². The average molecular weight is 233 g/mol. The maximum atomic E-state index is 4.48. The summed E-state index contributed by atoms with van der Waals surface area (Å²) in [6.07, 6.45) is 3.80. The summed E-state index contributed by atoms with van der Waals surface area (Å²) < 4.78 is 1.95. The van der Waals surface area contributed by atoms with Crippen LogP contribution in [0.5, 0.6) is 0 Å². The number of hydrogen-bond donors (Lipinski definition) is 1. The molecular weight excluding hydrogens is 214 g/mol. The van der Waals surface area contributed by atoms with Gasteiger partial charge in [-0.15, -0.1) is 0 Å². The number of aromatic nitrogens is 5. The molecule has 2 heterocycles. The Morgan fingerprint density at radius 2 is 2.18 bits per heavy atom. The highest BCUT2D eigenvalue weighted by Crippen LogP contribution is 2.28. The molecule has 2 aromatic heterocycles. The van der Waals surface area contributed by atoms with Crippen molar-refractivity contribution in [3.63, 3.8) is 0 Å². The second-order valence-electron chi connectivity index (χ2n) is 4.48. The molecule has 1 N–H and O–H groups in total. The van der Waals surface area contributed by atoms with Gasteiger partial charge in [0.2, 0.25) is 0 Å². The molecule has 0 aromatic carbocycles. The van der Waals surface area contributed by atoms with Crippen molar-refractivity contribution in [3.05, 3.63) is 28.8 Å². The Hall–Kier alpha value is -1.65. The molecule has 1 atom stereocenters. The highest BCUT2D eigenvalue weighted by Gasteiger charge is 2.19. The third kappa shape index (κ3) is 2.23. The minimum Gasteiger partial charge on any atom is -0.272 e. The first kappa shape index (κ1) is 11.8. The smallest absolute Gasteiger partial charge is 0.0830 e. The van der Waals surface area contributed by atoms with Crippen LogP contribution in [0, 0.1) is 13.8 Å². The highest BCUT2D eigenvalue weighted by atomic mass is 15.3. The predicted octanol–water partition coefficient (Wildman–Crippen LogP) is 1.89. The average Bonchev–Trinajstić information content (AvgIpc) is 2.87. The Morgan fingerprint density at radius 1 is 1.41 bits per heavy atom. The Balaban J connectivity index is 2.29. The summed E-state index contributed by atoms with van der Waals surface area (Å²) in [5.41, 5.74) is 4.75. The van der Waals surface area contributed by atoms with Crippen molar-refractivity contribution >= 4 is 0 Å². The maximum Gasteiger partial charge on any atom is 0.0830 e. The maximum absolute atomic E-state index is 4.48. The summed E-state index contributed by atoms with van der Waals surface area (Å²) in [6, 6.07) is 0. The molecule has 0 saturated heterocycles. The first-order valence-electron chi connectivity index (χ1n) is 5.98. The fourth-order valence-electron chi connectivity index (χ4n) is 2.41. The van der Waals surface area contributed by atoms with E-state index in [4.69, 9.17) is 0 Å². The van der Waals surface area contributed by atoms with Gasteiger partial charge in [0, 0.05) is 19.2 Å². The van der Waals surface area contributed by atoms with Crippen molar-refractivity contribution in [2.24, 2.45) is 7.05 Å². The molecular formula is C12H19N5. The Labute approximate surface area is 101 Å². The quantitative estimate of drug-likeness (QED) is 0.877. The zero-order valence-electron chi connectivity index (χ0n) is 10.9. The minimum absolute atomic E-state index is 0.466. The van der Waals surface area contributed by atoms with E-state index < -0.39 is 0 Å². The first-order valence-corrected chi connectivity index (χ1v) is 5.98. The van der Waals surface area contributed by atoms with Crippen molar-refractivity contribution in [2.45, 2.75) is 39.5 Å². The minimum atomic E-state index is 0.466. The zero-order valence-corrected chi connectivity index (χ0v) is 10.9. The molecule has 0 spiro atoms.